The Bertz CT molecular complexity index is 1060. The first-order valence-electron chi connectivity index (χ1n) is 11.1. The van der Waals surface area contributed by atoms with Gasteiger partial charge in [-0.3, -0.25) is 14.8 Å². The zero-order valence-corrected chi connectivity index (χ0v) is 19.5. The Morgan fingerprint density at radius 1 is 1.16 bits per heavy atom. The lowest BCUT2D eigenvalue weighted by Gasteiger charge is -2.36. The third-order valence-electron chi connectivity index (χ3n) is 6.34. The van der Waals surface area contributed by atoms with E-state index < -0.39 is 0 Å². The van der Waals surface area contributed by atoms with Crippen LogP contribution in [0.5, 0.6) is 0 Å². The molecule has 1 saturated heterocycles. The minimum atomic E-state index is -0.0566. The van der Waals surface area contributed by atoms with E-state index in [1.54, 1.807) is 4.90 Å². The number of nitrogens with zero attached hydrogens (tertiary/aromatic N) is 5. The molecule has 8 heteroatoms. The number of ether oxygens (including phenoxy) is 1. The highest BCUT2D eigenvalue weighted by molar-refractivity contribution is 6.30. The molecule has 0 saturated carbocycles. The molecule has 4 heterocycles. The molecule has 0 aliphatic carbocycles. The number of aliphatic imine (C=N–C) groups is 1. The number of urea groups is 1. The van der Waals surface area contributed by atoms with Crippen LogP contribution in [0.25, 0.3) is 0 Å². The highest BCUT2D eigenvalue weighted by Gasteiger charge is 2.44. The maximum Gasteiger partial charge on any atom is 0.330 e. The van der Waals surface area contributed by atoms with Crippen molar-refractivity contribution in [1.29, 1.82) is 0 Å². The third kappa shape index (κ3) is 3.84. The van der Waals surface area contributed by atoms with Crippen LogP contribution in [0, 0.1) is 5.41 Å². The average Bonchev–Trinajstić information content (AvgIpc) is 3.25. The predicted octanol–water partition coefficient (Wildman–Crippen LogP) is 4.19. The molecule has 1 fully saturated rings. The molecule has 0 bridgehead atoms. The van der Waals surface area contributed by atoms with Crippen molar-refractivity contribution in [2.45, 2.75) is 33.4 Å². The van der Waals surface area contributed by atoms with Crippen LogP contribution in [0.1, 0.15) is 32.0 Å². The van der Waals surface area contributed by atoms with Gasteiger partial charge in [0.25, 0.3) is 0 Å². The van der Waals surface area contributed by atoms with E-state index in [1.165, 1.54) is 0 Å². The number of carbonyl (C=O) groups is 1. The summed E-state index contributed by atoms with van der Waals surface area (Å²) in [5.74, 6) is 0.686. The Morgan fingerprint density at radius 3 is 2.56 bits per heavy atom. The number of rotatable bonds is 3. The maximum absolute atomic E-state index is 13.7. The van der Waals surface area contributed by atoms with E-state index in [0.29, 0.717) is 37.2 Å². The van der Waals surface area contributed by atoms with Crippen molar-refractivity contribution < 1.29 is 9.53 Å². The largest absolute Gasteiger partial charge is 0.378 e. The first kappa shape index (κ1) is 21.2. The van der Waals surface area contributed by atoms with Crippen molar-refractivity contribution >= 4 is 34.8 Å². The van der Waals surface area contributed by atoms with Gasteiger partial charge in [0.2, 0.25) is 0 Å². The van der Waals surface area contributed by atoms with Crippen LogP contribution < -0.4 is 9.80 Å². The number of aromatic nitrogens is 1. The lowest BCUT2D eigenvalue weighted by Crippen LogP contribution is -2.51. The summed E-state index contributed by atoms with van der Waals surface area (Å²) in [4.78, 5) is 29.3. The van der Waals surface area contributed by atoms with Crippen molar-refractivity contribution in [2.75, 3.05) is 42.6 Å². The molecular weight excluding hydrogens is 426 g/mol. The van der Waals surface area contributed by atoms with Crippen LogP contribution in [0.3, 0.4) is 0 Å². The Labute approximate surface area is 193 Å². The first-order chi connectivity index (χ1) is 15.3. The number of hydrogen-bond acceptors (Lipinski definition) is 5. The first-order valence-corrected chi connectivity index (χ1v) is 11.4. The van der Waals surface area contributed by atoms with Crippen LogP contribution >= 0.6 is 11.6 Å². The molecular formula is C24H28ClN5O2. The van der Waals surface area contributed by atoms with E-state index in [2.05, 4.69) is 31.7 Å². The van der Waals surface area contributed by atoms with Gasteiger partial charge >= 0.3 is 6.03 Å². The zero-order chi connectivity index (χ0) is 22.5. The van der Waals surface area contributed by atoms with E-state index >= 15 is 0 Å². The van der Waals surface area contributed by atoms with Gasteiger partial charge in [0, 0.05) is 18.1 Å². The fraction of sp³-hybridized carbons (Fsp3) is 0.458. The number of anilines is 2. The predicted molar refractivity (Wildman–Crippen MR) is 127 cm³/mol. The van der Waals surface area contributed by atoms with Gasteiger partial charge in [0.15, 0.2) is 5.84 Å². The molecule has 168 valence electrons. The van der Waals surface area contributed by atoms with Gasteiger partial charge in [-0.15, -0.1) is 0 Å². The molecule has 7 nitrogen and oxygen atoms in total. The lowest BCUT2D eigenvalue weighted by molar-refractivity contribution is 0.122. The van der Waals surface area contributed by atoms with Crippen molar-refractivity contribution in [1.82, 2.24) is 9.88 Å². The van der Waals surface area contributed by atoms with Gasteiger partial charge in [-0.25, -0.2) is 9.78 Å². The second kappa shape index (κ2) is 8.05. The van der Waals surface area contributed by atoms with Crippen LogP contribution in [-0.4, -0.2) is 60.6 Å². The molecule has 1 unspecified atom stereocenters. The van der Waals surface area contributed by atoms with Crippen molar-refractivity contribution in [2.24, 2.45) is 10.4 Å². The van der Waals surface area contributed by atoms with Crippen molar-refractivity contribution in [3.8, 4) is 0 Å². The fourth-order valence-electron chi connectivity index (χ4n) is 4.33. The van der Waals surface area contributed by atoms with E-state index in [-0.39, 0.29) is 17.5 Å². The van der Waals surface area contributed by atoms with Crippen LogP contribution in [0.4, 0.5) is 16.2 Å². The smallest absolute Gasteiger partial charge is 0.330 e. The zero-order valence-electron chi connectivity index (χ0n) is 18.7. The number of amides is 2. The van der Waals surface area contributed by atoms with Gasteiger partial charge in [-0.2, -0.15) is 0 Å². The standard InChI is InChI=1S/C24H28ClN5O2/c1-24(2,3)20-15-30-22(27-20)21-19(12-18(13-26-21)28-8-10-32-11-9-28)29(23(30)31)14-16-4-6-17(25)7-5-16/h4-7,12-13,20H,8-11,14-15H2,1-3H3. The molecule has 3 aliphatic rings. The fourth-order valence-corrected chi connectivity index (χ4v) is 4.46. The summed E-state index contributed by atoms with van der Waals surface area (Å²) < 4.78 is 5.50. The molecule has 5 rings (SSSR count). The molecule has 1 aromatic carbocycles. The van der Waals surface area contributed by atoms with Crippen molar-refractivity contribution in [3.05, 3.63) is 52.8 Å². The van der Waals surface area contributed by atoms with Crippen molar-refractivity contribution in [3.63, 3.8) is 0 Å². The van der Waals surface area contributed by atoms with E-state index in [9.17, 15) is 4.79 Å². The normalized spacial score (nSPS) is 20.9. The summed E-state index contributed by atoms with van der Waals surface area (Å²) in [6.07, 6.45) is 1.89. The molecule has 1 aromatic heterocycles. The monoisotopic (exact) mass is 453 g/mol. The van der Waals surface area contributed by atoms with Gasteiger partial charge in [0.05, 0.1) is 49.9 Å². The molecule has 1 atom stereocenters. The number of morpholine rings is 1. The summed E-state index contributed by atoms with van der Waals surface area (Å²) in [7, 11) is 0. The minimum absolute atomic E-state index is 0.0329. The number of amidine groups is 1. The average molecular weight is 454 g/mol. The Hall–Kier alpha value is -2.64. The van der Waals surface area contributed by atoms with E-state index in [4.69, 9.17) is 26.3 Å². The van der Waals surface area contributed by atoms with Crippen LogP contribution in [-0.2, 0) is 11.3 Å². The van der Waals surface area contributed by atoms with Gasteiger partial charge in [-0.1, -0.05) is 44.5 Å². The minimum Gasteiger partial charge on any atom is -0.378 e. The number of halogens is 1. The SMILES string of the molecule is CC(C)(C)C1CN2C(=O)N(Cc3ccc(Cl)cc3)c3cc(N4CCOCC4)cnc3C2=N1. The summed E-state index contributed by atoms with van der Waals surface area (Å²) in [6, 6.07) is 9.68. The summed E-state index contributed by atoms with van der Waals surface area (Å²) in [5, 5.41) is 0.678. The topological polar surface area (TPSA) is 61.3 Å². The van der Waals surface area contributed by atoms with E-state index in [1.807, 2.05) is 35.4 Å². The maximum atomic E-state index is 13.7. The molecule has 2 aromatic rings. The summed E-state index contributed by atoms with van der Waals surface area (Å²) in [6.45, 7) is 10.5. The highest BCUT2D eigenvalue weighted by Crippen LogP contribution is 2.37. The lowest BCUT2D eigenvalue weighted by atomic mass is 9.87. The number of carbonyl (C=O) groups excluding carboxylic acids is 1. The Morgan fingerprint density at radius 2 is 1.88 bits per heavy atom. The Balaban J connectivity index is 1.57. The summed E-state index contributed by atoms with van der Waals surface area (Å²) in [5.41, 5.74) is 3.54. The molecule has 32 heavy (non-hydrogen) atoms. The van der Waals surface area contributed by atoms with Crippen LogP contribution in [0.15, 0.2) is 41.5 Å². The molecule has 0 spiro atoms. The second-order valence-electron chi connectivity index (χ2n) is 9.60. The molecule has 0 N–H and O–H groups in total. The van der Waals surface area contributed by atoms with E-state index in [0.717, 1.165) is 35.7 Å². The van der Waals surface area contributed by atoms with Gasteiger partial charge < -0.3 is 9.64 Å². The number of hydrogen-bond donors (Lipinski definition) is 0. The van der Waals surface area contributed by atoms with Crippen LogP contribution in [0.2, 0.25) is 5.02 Å². The van der Waals surface area contributed by atoms with Gasteiger partial charge in [0.1, 0.15) is 5.69 Å². The molecule has 2 amide bonds. The molecule has 0 radical (unpaired) electrons. The third-order valence-corrected chi connectivity index (χ3v) is 6.59. The quantitative estimate of drug-likeness (QED) is 0.699. The second-order valence-corrected chi connectivity index (χ2v) is 10.0. The number of pyridine rings is 1. The van der Waals surface area contributed by atoms with Gasteiger partial charge in [-0.05, 0) is 29.2 Å². The number of benzene rings is 1. The molecule has 3 aliphatic heterocycles. The Kier molecular flexibility index (Phi) is 5.34. The summed E-state index contributed by atoms with van der Waals surface area (Å²) >= 11 is 6.07. The highest BCUT2D eigenvalue weighted by atomic mass is 35.5. The number of fused-ring (bicyclic) bond motifs is 3.